The number of fused-ring (bicyclic) bond motifs is 10. The summed E-state index contributed by atoms with van der Waals surface area (Å²) in [6.07, 6.45) is 5.08. The highest BCUT2D eigenvalue weighted by molar-refractivity contribution is 6.22. The van der Waals surface area contributed by atoms with Gasteiger partial charge in [-0.1, -0.05) is 91.0 Å². The average Bonchev–Trinajstić information content (AvgIpc) is 3.79. The Morgan fingerprint density at radius 2 is 1.26 bits per heavy atom. The second-order valence-corrected chi connectivity index (χ2v) is 12.4. The van der Waals surface area contributed by atoms with Crippen LogP contribution in [-0.2, 0) is 0 Å². The maximum absolute atomic E-state index is 10.1. The van der Waals surface area contributed by atoms with E-state index < -0.39 is 0 Å². The maximum Gasteiger partial charge on any atom is 0.160 e. The minimum absolute atomic E-state index is 0.196. The average molecular weight is 602 g/mol. The number of furan rings is 1. The second kappa shape index (κ2) is 9.84. The van der Waals surface area contributed by atoms with Crippen molar-refractivity contribution in [1.82, 2.24) is 9.13 Å². The first-order chi connectivity index (χ1) is 23.3. The molecule has 6 aromatic carbocycles. The topological polar surface area (TPSA) is 46.8 Å². The molecule has 1 aliphatic rings. The molecule has 4 nitrogen and oxygen atoms in total. The number of rotatable bonds is 3. The molecule has 0 spiro atoms. The van der Waals surface area contributed by atoms with Crippen LogP contribution >= 0.6 is 0 Å². The molecule has 220 valence electrons. The number of hydrogen-bond donors (Lipinski definition) is 0. The molecule has 0 N–H and O–H groups in total. The van der Waals surface area contributed by atoms with Crippen LogP contribution in [0.2, 0.25) is 0 Å². The molecule has 1 aliphatic carbocycles. The minimum Gasteiger partial charge on any atom is -0.454 e. The third kappa shape index (κ3) is 3.69. The molecule has 0 radical (unpaired) electrons. The van der Waals surface area contributed by atoms with Crippen molar-refractivity contribution in [2.75, 3.05) is 0 Å². The molecular weight excluding hydrogens is 574 g/mol. The van der Waals surface area contributed by atoms with E-state index >= 15 is 0 Å². The molecule has 0 aliphatic heterocycles. The summed E-state index contributed by atoms with van der Waals surface area (Å²) < 4.78 is 11.3. The van der Waals surface area contributed by atoms with Crippen LogP contribution in [0, 0.1) is 17.2 Å². The quantitative estimate of drug-likeness (QED) is 0.202. The van der Waals surface area contributed by atoms with E-state index in [1.54, 1.807) is 0 Å². The smallest absolute Gasteiger partial charge is 0.160 e. The summed E-state index contributed by atoms with van der Waals surface area (Å²) in [5.74, 6) is -0.196. The first-order valence-electron chi connectivity index (χ1n) is 16.0. The Balaban J connectivity index is 1.25. The zero-order valence-electron chi connectivity index (χ0n) is 25.4. The first kappa shape index (κ1) is 26.0. The Kier molecular flexibility index (Phi) is 5.44. The number of benzene rings is 6. The van der Waals surface area contributed by atoms with E-state index in [1.165, 1.54) is 10.8 Å². The number of allylic oxidation sites excluding steroid dienone is 4. The molecule has 0 fully saturated rings. The predicted molar refractivity (Wildman–Crippen MR) is 193 cm³/mol. The van der Waals surface area contributed by atoms with E-state index in [9.17, 15) is 5.26 Å². The van der Waals surface area contributed by atoms with Crippen molar-refractivity contribution >= 4 is 76.8 Å². The van der Waals surface area contributed by atoms with Crippen molar-refractivity contribution in [3.05, 3.63) is 151 Å². The number of aromatic nitrogens is 2. The Hall–Kier alpha value is -6.31. The van der Waals surface area contributed by atoms with Gasteiger partial charge in [0.15, 0.2) is 5.58 Å². The fourth-order valence-electron chi connectivity index (χ4n) is 7.72. The third-order valence-electron chi connectivity index (χ3n) is 9.80. The van der Waals surface area contributed by atoms with Gasteiger partial charge in [-0.15, -0.1) is 0 Å². The van der Waals surface area contributed by atoms with E-state index in [2.05, 4.69) is 149 Å². The zero-order chi connectivity index (χ0) is 31.1. The third-order valence-corrected chi connectivity index (χ3v) is 9.80. The summed E-state index contributed by atoms with van der Waals surface area (Å²) in [6, 6.07) is 49.7. The molecule has 1 atom stereocenters. The van der Waals surface area contributed by atoms with E-state index in [0.717, 1.165) is 77.3 Å². The van der Waals surface area contributed by atoms with Gasteiger partial charge >= 0.3 is 0 Å². The van der Waals surface area contributed by atoms with E-state index in [4.69, 9.17) is 4.42 Å². The SMILES string of the molecule is N#CC1C=C(n2c3ccccc3c3ccccc32)C(c2ccc3c(c2)c2ccc4c5ccccc5oc4c2n3-c2ccccc2)=CC1. The molecule has 0 bridgehead atoms. The minimum atomic E-state index is -0.196. The molecule has 47 heavy (non-hydrogen) atoms. The molecule has 3 heterocycles. The molecular formula is C43H27N3O. The molecule has 9 aromatic rings. The van der Waals surface area contributed by atoms with Crippen LogP contribution in [-0.4, -0.2) is 9.13 Å². The normalized spacial score (nSPS) is 15.2. The van der Waals surface area contributed by atoms with Crippen LogP contribution in [0.1, 0.15) is 12.0 Å². The lowest BCUT2D eigenvalue weighted by Crippen LogP contribution is -2.08. The molecule has 0 saturated carbocycles. The van der Waals surface area contributed by atoms with Crippen LogP contribution in [0.3, 0.4) is 0 Å². The van der Waals surface area contributed by atoms with E-state index in [0.29, 0.717) is 6.42 Å². The monoisotopic (exact) mass is 601 g/mol. The van der Waals surface area contributed by atoms with Crippen molar-refractivity contribution in [2.45, 2.75) is 6.42 Å². The molecule has 0 amide bonds. The lowest BCUT2D eigenvalue weighted by Gasteiger charge is -2.22. The highest BCUT2D eigenvalue weighted by Gasteiger charge is 2.24. The highest BCUT2D eigenvalue weighted by atomic mass is 16.3. The van der Waals surface area contributed by atoms with Crippen molar-refractivity contribution in [3.63, 3.8) is 0 Å². The van der Waals surface area contributed by atoms with Gasteiger partial charge in [-0.2, -0.15) is 5.26 Å². The summed E-state index contributed by atoms with van der Waals surface area (Å²) in [5.41, 5.74) is 10.6. The molecule has 10 rings (SSSR count). The van der Waals surface area contributed by atoms with E-state index in [-0.39, 0.29) is 5.92 Å². The standard InChI is InChI=1S/C43H27N3O/c44-26-27-18-20-30(40(24-27)46-37-15-7-4-12-31(37)32-13-5-8-16-38(32)46)28-19-23-39-36(25-28)34-21-22-35-33-14-6-9-17-41(33)47-43(35)42(34)45(39)29-10-2-1-3-11-29/h1-17,19-25,27H,18H2. The zero-order valence-corrected chi connectivity index (χ0v) is 25.4. The predicted octanol–water partition coefficient (Wildman–Crippen LogP) is 11.3. The number of nitriles is 1. The lowest BCUT2D eigenvalue weighted by molar-refractivity contribution is 0.671. The Bertz CT molecular complexity index is 2780. The molecule has 0 saturated heterocycles. The van der Waals surface area contributed by atoms with Crippen molar-refractivity contribution in [3.8, 4) is 11.8 Å². The molecule has 1 unspecified atom stereocenters. The highest BCUT2D eigenvalue weighted by Crippen LogP contribution is 2.44. The Morgan fingerprint density at radius 1 is 0.596 bits per heavy atom. The van der Waals surface area contributed by atoms with Gasteiger partial charge in [-0.05, 0) is 66.6 Å². The van der Waals surface area contributed by atoms with Gasteiger partial charge in [0.05, 0.1) is 39.8 Å². The second-order valence-electron chi connectivity index (χ2n) is 12.4. The fraction of sp³-hybridized carbons (Fsp3) is 0.0465. The summed E-state index contributed by atoms with van der Waals surface area (Å²) in [6.45, 7) is 0. The van der Waals surface area contributed by atoms with Gasteiger partial charge in [0, 0.05) is 43.6 Å². The van der Waals surface area contributed by atoms with Gasteiger partial charge in [0.1, 0.15) is 5.58 Å². The summed E-state index contributed by atoms with van der Waals surface area (Å²) in [4.78, 5) is 0. The van der Waals surface area contributed by atoms with Crippen molar-refractivity contribution in [1.29, 1.82) is 5.26 Å². The fourth-order valence-corrected chi connectivity index (χ4v) is 7.72. The van der Waals surface area contributed by atoms with Gasteiger partial charge < -0.3 is 13.6 Å². The Labute approximate surface area is 270 Å². The van der Waals surface area contributed by atoms with E-state index in [1.807, 2.05) is 12.1 Å². The van der Waals surface area contributed by atoms with Gasteiger partial charge in [-0.25, -0.2) is 0 Å². The summed E-state index contributed by atoms with van der Waals surface area (Å²) in [5, 5.41) is 17.0. The number of hydrogen-bond acceptors (Lipinski definition) is 2. The van der Waals surface area contributed by atoms with Crippen LogP contribution in [0.15, 0.2) is 150 Å². The van der Waals surface area contributed by atoms with Crippen molar-refractivity contribution in [2.24, 2.45) is 5.92 Å². The van der Waals surface area contributed by atoms with Crippen molar-refractivity contribution < 1.29 is 4.42 Å². The lowest BCUT2D eigenvalue weighted by atomic mass is 9.90. The van der Waals surface area contributed by atoms with Gasteiger partial charge in [0.25, 0.3) is 0 Å². The molecule has 3 aromatic heterocycles. The van der Waals surface area contributed by atoms with Crippen LogP contribution < -0.4 is 0 Å². The summed E-state index contributed by atoms with van der Waals surface area (Å²) >= 11 is 0. The first-order valence-corrected chi connectivity index (χ1v) is 16.0. The largest absolute Gasteiger partial charge is 0.454 e. The van der Waals surface area contributed by atoms with Crippen LogP contribution in [0.4, 0.5) is 0 Å². The van der Waals surface area contributed by atoms with Gasteiger partial charge in [0.2, 0.25) is 0 Å². The van der Waals surface area contributed by atoms with Crippen LogP contribution in [0.5, 0.6) is 0 Å². The number of nitrogens with zero attached hydrogens (tertiary/aromatic N) is 3. The molecule has 4 heteroatoms. The number of para-hydroxylation sites is 4. The maximum atomic E-state index is 10.1. The van der Waals surface area contributed by atoms with Gasteiger partial charge in [-0.3, -0.25) is 0 Å². The Morgan fingerprint density at radius 3 is 2.02 bits per heavy atom. The summed E-state index contributed by atoms with van der Waals surface area (Å²) in [7, 11) is 0. The van der Waals surface area contributed by atoms with Crippen LogP contribution in [0.25, 0.3) is 82.5 Å².